The number of anilines is 2. The molecule has 0 heterocycles. The van der Waals surface area contributed by atoms with E-state index in [2.05, 4.69) is 24.3 Å². The number of hydrogen-bond donors (Lipinski definition) is 2. The van der Waals surface area contributed by atoms with Gasteiger partial charge in [-0.1, -0.05) is 47.5 Å². The van der Waals surface area contributed by atoms with E-state index < -0.39 is 0 Å². The lowest BCUT2D eigenvalue weighted by Gasteiger charge is -2.09. The molecule has 0 aliphatic rings. The van der Waals surface area contributed by atoms with Crippen molar-refractivity contribution in [3.8, 4) is 23.0 Å². The van der Waals surface area contributed by atoms with Gasteiger partial charge in [0, 0.05) is 12.1 Å². The molecule has 4 aromatic rings. The van der Waals surface area contributed by atoms with Gasteiger partial charge in [-0.15, -0.1) is 0 Å². The second-order valence-corrected chi connectivity index (χ2v) is 8.17. The van der Waals surface area contributed by atoms with E-state index in [-0.39, 0.29) is 0 Å². The fourth-order valence-corrected chi connectivity index (χ4v) is 3.49. The van der Waals surface area contributed by atoms with E-state index in [1.807, 2.05) is 24.3 Å². The highest BCUT2D eigenvalue weighted by atomic mass is 35.5. The van der Waals surface area contributed by atoms with Crippen molar-refractivity contribution in [3.63, 3.8) is 0 Å². The molecule has 162 valence electrons. The van der Waals surface area contributed by atoms with Gasteiger partial charge in [0.25, 0.3) is 0 Å². The maximum Gasteiger partial charge on any atom is 0.129 e. The quantitative estimate of drug-likeness (QED) is 0.277. The molecular formula is C26H22Cl2N2O2. The maximum absolute atomic E-state index is 6.04. The molecule has 6 heteroatoms. The van der Waals surface area contributed by atoms with Crippen LogP contribution in [0.3, 0.4) is 0 Å². The Hall–Kier alpha value is -3.34. The molecule has 0 saturated heterocycles. The van der Waals surface area contributed by atoms with Crippen LogP contribution in [-0.2, 0) is 12.8 Å². The van der Waals surface area contributed by atoms with Crippen molar-refractivity contribution in [2.24, 2.45) is 0 Å². The van der Waals surface area contributed by atoms with E-state index >= 15 is 0 Å². The van der Waals surface area contributed by atoms with Crippen molar-refractivity contribution < 1.29 is 9.47 Å². The first-order valence-electron chi connectivity index (χ1n) is 10.1. The minimum Gasteiger partial charge on any atom is -0.457 e. The van der Waals surface area contributed by atoms with E-state index in [1.165, 1.54) is 11.1 Å². The van der Waals surface area contributed by atoms with Crippen LogP contribution in [0.15, 0.2) is 84.9 Å². The van der Waals surface area contributed by atoms with E-state index in [1.54, 1.807) is 36.4 Å². The van der Waals surface area contributed by atoms with Gasteiger partial charge in [-0.2, -0.15) is 0 Å². The Morgan fingerprint density at radius 1 is 0.500 bits per heavy atom. The van der Waals surface area contributed by atoms with E-state index in [4.69, 9.17) is 44.1 Å². The number of hydrogen-bond acceptors (Lipinski definition) is 4. The molecule has 4 nitrogen and oxygen atoms in total. The predicted molar refractivity (Wildman–Crippen MR) is 132 cm³/mol. The summed E-state index contributed by atoms with van der Waals surface area (Å²) in [4.78, 5) is 0. The third kappa shape index (κ3) is 5.67. The number of nitrogens with two attached hydrogens (primary N) is 2. The Labute approximate surface area is 197 Å². The lowest BCUT2D eigenvalue weighted by Crippen LogP contribution is -1.93. The van der Waals surface area contributed by atoms with E-state index in [0.29, 0.717) is 32.9 Å². The molecule has 0 amide bonds. The summed E-state index contributed by atoms with van der Waals surface area (Å²) in [5.41, 5.74) is 15.0. The van der Waals surface area contributed by atoms with Crippen LogP contribution in [-0.4, -0.2) is 0 Å². The van der Waals surface area contributed by atoms with Crippen molar-refractivity contribution in [1.82, 2.24) is 0 Å². The zero-order chi connectivity index (χ0) is 22.5. The highest BCUT2D eigenvalue weighted by molar-refractivity contribution is 6.33. The second kappa shape index (κ2) is 9.86. The minimum atomic E-state index is 0.479. The smallest absolute Gasteiger partial charge is 0.129 e. The van der Waals surface area contributed by atoms with Gasteiger partial charge < -0.3 is 20.9 Å². The van der Waals surface area contributed by atoms with Crippen molar-refractivity contribution in [2.45, 2.75) is 12.8 Å². The zero-order valence-electron chi connectivity index (χ0n) is 17.2. The normalized spacial score (nSPS) is 10.7. The second-order valence-electron chi connectivity index (χ2n) is 7.36. The average molecular weight is 465 g/mol. The predicted octanol–water partition coefficient (Wildman–Crippen LogP) is 7.53. The SMILES string of the molecule is Nc1ccc(Oc2ccc(CCc3ccc(Oc4ccc(N)c(Cl)c4)cc3)cc2)cc1Cl. The average Bonchev–Trinajstić information content (AvgIpc) is 2.79. The van der Waals surface area contributed by atoms with Gasteiger partial charge in [0.15, 0.2) is 0 Å². The lowest BCUT2D eigenvalue weighted by molar-refractivity contribution is 0.482. The first kappa shape index (κ1) is 21.9. The summed E-state index contributed by atoms with van der Waals surface area (Å²) >= 11 is 12.1. The van der Waals surface area contributed by atoms with E-state index in [0.717, 1.165) is 24.3 Å². The first-order chi connectivity index (χ1) is 15.5. The maximum atomic E-state index is 6.04. The zero-order valence-corrected chi connectivity index (χ0v) is 18.7. The Morgan fingerprint density at radius 2 is 0.844 bits per heavy atom. The van der Waals surface area contributed by atoms with Crippen molar-refractivity contribution in [3.05, 3.63) is 106 Å². The molecule has 0 atom stereocenters. The Balaban J connectivity index is 1.31. The Kier molecular flexibility index (Phi) is 6.74. The third-order valence-electron chi connectivity index (χ3n) is 4.96. The molecule has 4 N–H and O–H groups in total. The van der Waals surface area contributed by atoms with Crippen LogP contribution in [0, 0.1) is 0 Å². The molecule has 0 saturated carbocycles. The fourth-order valence-electron chi connectivity index (χ4n) is 3.15. The number of nitrogen functional groups attached to an aromatic ring is 2. The van der Waals surface area contributed by atoms with Crippen LogP contribution < -0.4 is 20.9 Å². The summed E-state index contributed by atoms with van der Waals surface area (Å²) in [7, 11) is 0. The van der Waals surface area contributed by atoms with Crippen LogP contribution in [0.1, 0.15) is 11.1 Å². The van der Waals surface area contributed by atoms with Crippen LogP contribution in [0.25, 0.3) is 0 Å². The molecule has 0 unspecified atom stereocenters. The Morgan fingerprint density at radius 3 is 1.19 bits per heavy atom. The third-order valence-corrected chi connectivity index (χ3v) is 5.62. The van der Waals surface area contributed by atoms with E-state index in [9.17, 15) is 0 Å². The van der Waals surface area contributed by atoms with Crippen LogP contribution >= 0.6 is 23.2 Å². The molecule has 0 spiro atoms. The first-order valence-corrected chi connectivity index (χ1v) is 10.9. The van der Waals surface area contributed by atoms with Crippen molar-refractivity contribution >= 4 is 34.6 Å². The van der Waals surface area contributed by atoms with Gasteiger partial charge in [-0.25, -0.2) is 0 Å². The van der Waals surface area contributed by atoms with Gasteiger partial charge in [0.1, 0.15) is 23.0 Å². The van der Waals surface area contributed by atoms with Gasteiger partial charge >= 0.3 is 0 Å². The summed E-state index contributed by atoms with van der Waals surface area (Å²) in [6.45, 7) is 0. The molecular weight excluding hydrogens is 443 g/mol. The molecule has 4 rings (SSSR count). The number of aryl methyl sites for hydroxylation is 2. The molecule has 0 aliphatic carbocycles. The summed E-state index contributed by atoms with van der Waals surface area (Å²) in [6.07, 6.45) is 1.84. The molecule has 0 fully saturated rings. The monoisotopic (exact) mass is 464 g/mol. The number of halogens is 2. The fraction of sp³-hybridized carbons (Fsp3) is 0.0769. The van der Waals surface area contributed by atoms with Gasteiger partial charge in [0.05, 0.1) is 21.4 Å². The number of rotatable bonds is 7. The summed E-state index contributed by atoms with van der Waals surface area (Å²) in [6, 6.07) is 26.5. The molecule has 4 aromatic carbocycles. The minimum absolute atomic E-state index is 0.479. The topological polar surface area (TPSA) is 70.5 Å². The molecule has 0 radical (unpaired) electrons. The molecule has 0 aromatic heterocycles. The number of benzene rings is 4. The van der Waals surface area contributed by atoms with Crippen LogP contribution in [0.5, 0.6) is 23.0 Å². The largest absolute Gasteiger partial charge is 0.457 e. The molecule has 32 heavy (non-hydrogen) atoms. The van der Waals surface area contributed by atoms with Gasteiger partial charge in [0.2, 0.25) is 0 Å². The lowest BCUT2D eigenvalue weighted by atomic mass is 10.0. The number of ether oxygens (including phenoxy) is 2. The standard InChI is InChI=1S/C26H22Cl2N2O2/c27-23-15-21(11-13-25(23)29)31-19-7-3-17(4-8-19)1-2-18-5-9-20(10-6-18)32-22-12-14-26(30)24(28)16-22/h3-16H,1-2,29-30H2. The summed E-state index contributed by atoms with van der Waals surface area (Å²) in [5, 5.41) is 0.959. The van der Waals surface area contributed by atoms with Gasteiger partial charge in [-0.3, -0.25) is 0 Å². The van der Waals surface area contributed by atoms with Gasteiger partial charge in [-0.05, 0) is 72.5 Å². The van der Waals surface area contributed by atoms with Crippen LogP contribution in [0.2, 0.25) is 10.0 Å². The Bertz CT molecular complexity index is 1110. The summed E-state index contributed by atoms with van der Waals surface area (Å²) < 4.78 is 11.7. The molecule has 0 bridgehead atoms. The van der Waals surface area contributed by atoms with Crippen LogP contribution in [0.4, 0.5) is 11.4 Å². The van der Waals surface area contributed by atoms with Crippen molar-refractivity contribution in [1.29, 1.82) is 0 Å². The summed E-state index contributed by atoms with van der Waals surface area (Å²) in [5.74, 6) is 2.80. The molecule has 0 aliphatic heterocycles. The highest BCUT2D eigenvalue weighted by Crippen LogP contribution is 2.29. The van der Waals surface area contributed by atoms with Crippen molar-refractivity contribution in [2.75, 3.05) is 11.5 Å². The highest BCUT2D eigenvalue weighted by Gasteiger charge is 2.04.